The number of carbonyl (C=O) groups excluding carboxylic acids is 1. The molecule has 1 aromatic carbocycles. The molecule has 8 rings (SSSR count). The monoisotopic (exact) mass is 713 g/mol. The van der Waals surface area contributed by atoms with Gasteiger partial charge in [-0.2, -0.15) is 4.98 Å². The number of phosphoric ester groups is 2. The van der Waals surface area contributed by atoms with Crippen LogP contribution in [0.1, 0.15) is 22.8 Å². The Morgan fingerprint density at radius 3 is 2.31 bits per heavy atom. The normalized spacial score (nSPS) is 36.2. The standard InChI is InChI=1S/C24H23F2N9O11P2/c25-15-18-13(43-22(15)33-6-12-21(29-9-33)30-24-28-4-5-34(12)24)7-41-48(39,40)46-19-14(8-42-47(37,38)45-18)44-23(16(19)26)35-11-3-1-2-10(20(27)36)17(11)31-32-35/h1-6,9,13-16,18-19,22-23H,7-8H2,(H2,27,36)(H,37,38)(H,39,40)/t13-,14-,15-,16-,18-,19-,22-,23-/m1/s1. The topological polar surface area (TPSA) is 252 Å². The third kappa shape index (κ3) is 5.30. The molecule has 2 unspecified atom stereocenters. The lowest BCUT2D eigenvalue weighted by Gasteiger charge is -2.27. The molecule has 0 spiro atoms. The van der Waals surface area contributed by atoms with Crippen molar-refractivity contribution in [3.63, 3.8) is 0 Å². The quantitative estimate of drug-likeness (QED) is 0.221. The first-order valence-corrected chi connectivity index (χ1v) is 17.1. The zero-order valence-corrected chi connectivity index (χ0v) is 25.7. The van der Waals surface area contributed by atoms with E-state index in [1.54, 1.807) is 10.6 Å². The Labute approximate surface area is 265 Å². The van der Waals surface area contributed by atoms with Gasteiger partial charge in [0.25, 0.3) is 5.91 Å². The molecule has 24 heteroatoms. The van der Waals surface area contributed by atoms with Gasteiger partial charge in [-0.3, -0.25) is 27.3 Å². The summed E-state index contributed by atoms with van der Waals surface area (Å²) in [6.07, 6.45) is -8.89. The molecule has 1 amide bonds. The molecule has 3 aliphatic heterocycles. The van der Waals surface area contributed by atoms with Crippen molar-refractivity contribution in [2.24, 2.45) is 5.73 Å². The van der Waals surface area contributed by atoms with E-state index in [1.807, 2.05) is 0 Å². The number of hydrogen-bond acceptors (Lipinski definition) is 14. The van der Waals surface area contributed by atoms with E-state index >= 15 is 8.78 Å². The highest BCUT2D eigenvalue weighted by molar-refractivity contribution is 7.47. The van der Waals surface area contributed by atoms with Crippen LogP contribution in [-0.2, 0) is 36.7 Å². The van der Waals surface area contributed by atoms with Crippen molar-refractivity contribution in [2.45, 2.75) is 49.2 Å². The molecule has 0 aliphatic carbocycles. The molecule has 20 nitrogen and oxygen atoms in total. The van der Waals surface area contributed by atoms with Gasteiger partial charge in [0, 0.05) is 18.6 Å². The van der Waals surface area contributed by atoms with Gasteiger partial charge in [-0.1, -0.05) is 11.3 Å². The highest BCUT2D eigenvalue weighted by atomic mass is 31.2. The first-order valence-electron chi connectivity index (χ1n) is 14.1. The zero-order chi connectivity index (χ0) is 33.5. The maximum Gasteiger partial charge on any atom is 0.472 e. The van der Waals surface area contributed by atoms with Crippen LogP contribution in [0.25, 0.3) is 28.0 Å². The molecule has 5 aromatic rings. The van der Waals surface area contributed by atoms with E-state index in [0.717, 1.165) is 4.68 Å². The second kappa shape index (κ2) is 11.4. The number of nitrogens with zero attached hydrogens (tertiary/aromatic N) is 8. The Morgan fingerprint density at radius 2 is 1.62 bits per heavy atom. The fourth-order valence-electron chi connectivity index (χ4n) is 5.87. The molecule has 0 radical (unpaired) electrons. The van der Waals surface area contributed by atoms with Crippen molar-refractivity contribution in [1.29, 1.82) is 0 Å². The van der Waals surface area contributed by atoms with Crippen LogP contribution in [-0.4, -0.2) is 105 Å². The molecule has 10 atom stereocenters. The van der Waals surface area contributed by atoms with Gasteiger partial charge in [0.1, 0.15) is 35.4 Å². The average molecular weight is 713 g/mol. The molecular formula is C24H23F2N9O11P2. The number of halogens is 2. The number of ether oxygens (including phenoxy) is 2. The van der Waals surface area contributed by atoms with Crippen LogP contribution in [0, 0.1) is 0 Å². The van der Waals surface area contributed by atoms with Crippen LogP contribution in [0.15, 0.2) is 43.1 Å². The van der Waals surface area contributed by atoms with Crippen molar-refractivity contribution >= 4 is 49.5 Å². The lowest BCUT2D eigenvalue weighted by atomic mass is 10.1. The Bertz CT molecular complexity index is 2170. The van der Waals surface area contributed by atoms with Crippen molar-refractivity contribution < 1.29 is 60.1 Å². The maximum absolute atomic E-state index is 16.0. The Morgan fingerprint density at radius 1 is 0.958 bits per heavy atom. The third-order valence-corrected chi connectivity index (χ3v) is 10.0. The number of alkyl halides is 2. The predicted octanol–water partition coefficient (Wildman–Crippen LogP) is 1.11. The van der Waals surface area contributed by atoms with Gasteiger partial charge < -0.3 is 29.6 Å². The number of benzene rings is 1. The van der Waals surface area contributed by atoms with Crippen molar-refractivity contribution in [1.82, 2.24) is 38.9 Å². The second-order valence-electron chi connectivity index (χ2n) is 11.0. The predicted molar refractivity (Wildman–Crippen MR) is 151 cm³/mol. The number of aromatic nitrogens is 8. The summed E-state index contributed by atoms with van der Waals surface area (Å²) in [5.41, 5.74) is 6.24. The number of nitrogens with two attached hydrogens (primary N) is 1. The van der Waals surface area contributed by atoms with E-state index in [1.165, 1.54) is 41.5 Å². The number of amides is 1. The lowest BCUT2D eigenvalue weighted by molar-refractivity contribution is -0.0682. The molecule has 3 fully saturated rings. The minimum atomic E-state index is -5.16. The number of phosphoric acid groups is 2. The summed E-state index contributed by atoms with van der Waals surface area (Å²) < 4.78 is 93.8. The molecule has 0 bridgehead atoms. The van der Waals surface area contributed by atoms with Crippen LogP contribution < -0.4 is 5.73 Å². The molecule has 4 N–H and O–H groups in total. The number of fused-ring (bicyclic) bond motifs is 6. The summed E-state index contributed by atoms with van der Waals surface area (Å²) in [6, 6.07) is 4.26. The number of carbonyl (C=O) groups is 1. The fraction of sp³-hybridized carbons (Fsp3) is 0.417. The minimum absolute atomic E-state index is 0.0142. The third-order valence-electron chi connectivity index (χ3n) is 8.05. The Balaban J connectivity index is 1.06. The summed E-state index contributed by atoms with van der Waals surface area (Å²) in [7, 11) is -10.3. The first-order chi connectivity index (χ1) is 22.9. The van der Waals surface area contributed by atoms with Gasteiger partial charge in [0.05, 0.1) is 30.6 Å². The van der Waals surface area contributed by atoms with Gasteiger partial charge in [-0.25, -0.2) is 32.6 Å². The van der Waals surface area contributed by atoms with Gasteiger partial charge in [-0.05, 0) is 12.1 Å². The van der Waals surface area contributed by atoms with Crippen molar-refractivity contribution in [3.05, 3.63) is 48.7 Å². The number of primary amides is 1. The summed E-state index contributed by atoms with van der Waals surface area (Å²) >= 11 is 0. The number of imidazole rings is 2. The molecule has 0 saturated carbocycles. The van der Waals surface area contributed by atoms with Gasteiger partial charge >= 0.3 is 15.6 Å². The largest absolute Gasteiger partial charge is 0.472 e. The van der Waals surface area contributed by atoms with E-state index < -0.39 is 84.0 Å². The van der Waals surface area contributed by atoms with E-state index in [4.69, 9.17) is 33.3 Å². The van der Waals surface area contributed by atoms with Crippen molar-refractivity contribution in [2.75, 3.05) is 13.2 Å². The Kier molecular flexibility index (Phi) is 7.45. The molecule has 3 saturated heterocycles. The summed E-state index contributed by atoms with van der Waals surface area (Å²) in [6.45, 7) is -1.84. The smallest absolute Gasteiger partial charge is 0.366 e. The highest BCUT2D eigenvalue weighted by Crippen LogP contribution is 2.54. The van der Waals surface area contributed by atoms with E-state index in [2.05, 4.69) is 25.3 Å². The van der Waals surface area contributed by atoms with Gasteiger partial charge in [0.15, 0.2) is 30.4 Å². The van der Waals surface area contributed by atoms with Crippen molar-refractivity contribution in [3.8, 4) is 0 Å². The van der Waals surface area contributed by atoms with Crippen LogP contribution >= 0.6 is 15.6 Å². The summed E-state index contributed by atoms with van der Waals surface area (Å²) in [5, 5.41) is 7.71. The van der Waals surface area contributed by atoms with E-state index in [-0.39, 0.29) is 16.6 Å². The first kappa shape index (κ1) is 31.4. The molecule has 7 heterocycles. The van der Waals surface area contributed by atoms with Crippen LogP contribution in [0.2, 0.25) is 0 Å². The maximum atomic E-state index is 16.0. The second-order valence-corrected chi connectivity index (χ2v) is 13.8. The average Bonchev–Trinajstić information content (AvgIpc) is 3.85. The Hall–Kier alpha value is -3.82. The summed E-state index contributed by atoms with van der Waals surface area (Å²) in [4.78, 5) is 45.5. The van der Waals surface area contributed by atoms with Crippen LogP contribution in [0.3, 0.4) is 0 Å². The van der Waals surface area contributed by atoms with E-state index in [0.29, 0.717) is 16.9 Å². The molecule has 3 aliphatic rings. The highest BCUT2D eigenvalue weighted by Gasteiger charge is 2.55. The summed E-state index contributed by atoms with van der Waals surface area (Å²) in [5.74, 6) is -0.481. The van der Waals surface area contributed by atoms with Crippen LogP contribution in [0.4, 0.5) is 8.78 Å². The molecule has 254 valence electrons. The fourth-order valence-corrected chi connectivity index (χ4v) is 7.79. The minimum Gasteiger partial charge on any atom is -0.366 e. The molecule has 48 heavy (non-hydrogen) atoms. The molecular weight excluding hydrogens is 690 g/mol. The number of rotatable bonds is 3. The SMILES string of the molecule is NC(=O)c1cccc2c1nnn2[C@@H]1O[C@@H]2COP(=O)(O)O[C@H]3[C@@H](F)[C@H](n4cnc5nc6nccn6c5c4)O[C@@H]3COP(=O)(O)O[C@H]2[C@H]1F. The van der Waals surface area contributed by atoms with Gasteiger partial charge in [-0.15, -0.1) is 5.10 Å². The zero-order valence-electron chi connectivity index (χ0n) is 23.9. The van der Waals surface area contributed by atoms with Crippen LogP contribution in [0.5, 0.6) is 0 Å². The van der Waals surface area contributed by atoms with E-state index in [9.17, 15) is 23.7 Å². The lowest BCUT2D eigenvalue weighted by Crippen LogP contribution is -2.37. The van der Waals surface area contributed by atoms with Gasteiger partial charge in [0.2, 0.25) is 5.78 Å². The number of hydrogen-bond donors (Lipinski definition) is 3. The molecule has 4 aromatic heterocycles.